The van der Waals surface area contributed by atoms with Crippen molar-refractivity contribution in [2.75, 3.05) is 51.1 Å². The molecule has 2 amide bonds. The lowest BCUT2D eigenvalue weighted by Gasteiger charge is -2.41. The fourth-order valence-electron chi connectivity index (χ4n) is 5.53. The first-order valence-corrected chi connectivity index (χ1v) is 13.3. The lowest BCUT2D eigenvalue weighted by Crippen LogP contribution is -2.55. The van der Waals surface area contributed by atoms with Gasteiger partial charge >= 0.3 is 0 Å². The molecule has 0 saturated carbocycles. The Bertz CT molecular complexity index is 1060. The SMILES string of the molecule is CC(=O)N1CCC(Nc2cc(C(=O)NCC(CN3CCc4ccccc4C3)N3CCC3)ccn2)CC1. The second kappa shape index (κ2) is 11.4. The Morgan fingerprint density at radius 1 is 1.06 bits per heavy atom. The van der Waals surface area contributed by atoms with E-state index in [4.69, 9.17) is 0 Å². The van der Waals surface area contributed by atoms with E-state index in [0.717, 1.165) is 70.9 Å². The van der Waals surface area contributed by atoms with Crippen molar-refractivity contribution in [2.24, 2.45) is 0 Å². The minimum absolute atomic E-state index is 0.0543. The van der Waals surface area contributed by atoms with Crippen LogP contribution in [0.5, 0.6) is 0 Å². The molecule has 36 heavy (non-hydrogen) atoms. The summed E-state index contributed by atoms with van der Waals surface area (Å²) in [5.41, 5.74) is 3.52. The van der Waals surface area contributed by atoms with E-state index >= 15 is 0 Å². The van der Waals surface area contributed by atoms with Crippen molar-refractivity contribution in [3.8, 4) is 0 Å². The van der Waals surface area contributed by atoms with E-state index in [1.807, 2.05) is 11.0 Å². The Balaban J connectivity index is 1.14. The summed E-state index contributed by atoms with van der Waals surface area (Å²) in [6.45, 7) is 9.02. The highest BCUT2D eigenvalue weighted by Gasteiger charge is 2.28. The third-order valence-electron chi connectivity index (χ3n) is 7.90. The molecular formula is C28H38N6O2. The number of hydrogen-bond acceptors (Lipinski definition) is 6. The van der Waals surface area contributed by atoms with Crippen LogP contribution in [0.4, 0.5) is 5.82 Å². The van der Waals surface area contributed by atoms with Crippen LogP contribution in [0.15, 0.2) is 42.6 Å². The number of piperidine rings is 1. The van der Waals surface area contributed by atoms with E-state index in [0.29, 0.717) is 18.2 Å². The van der Waals surface area contributed by atoms with Crippen LogP contribution in [0.1, 0.15) is 47.7 Å². The molecule has 1 unspecified atom stereocenters. The summed E-state index contributed by atoms with van der Waals surface area (Å²) in [5, 5.41) is 6.65. The third-order valence-corrected chi connectivity index (χ3v) is 7.90. The molecule has 3 aliphatic heterocycles. The topological polar surface area (TPSA) is 80.8 Å². The first kappa shape index (κ1) is 24.7. The number of anilines is 1. The largest absolute Gasteiger partial charge is 0.367 e. The molecule has 0 spiro atoms. The monoisotopic (exact) mass is 490 g/mol. The zero-order chi connectivity index (χ0) is 24.9. The van der Waals surface area contributed by atoms with Crippen LogP contribution >= 0.6 is 0 Å². The molecule has 2 fully saturated rings. The molecular weight excluding hydrogens is 452 g/mol. The number of carbonyl (C=O) groups is 2. The molecule has 0 aliphatic carbocycles. The van der Waals surface area contributed by atoms with Crippen LogP contribution in [0, 0.1) is 0 Å². The van der Waals surface area contributed by atoms with E-state index in [2.05, 4.69) is 49.7 Å². The number of carbonyl (C=O) groups excluding carboxylic acids is 2. The molecule has 8 nitrogen and oxygen atoms in total. The van der Waals surface area contributed by atoms with Gasteiger partial charge in [-0.1, -0.05) is 24.3 Å². The fraction of sp³-hybridized carbons (Fsp3) is 0.536. The molecule has 3 aliphatic rings. The summed E-state index contributed by atoms with van der Waals surface area (Å²) in [5.74, 6) is 0.795. The van der Waals surface area contributed by atoms with E-state index in [9.17, 15) is 9.59 Å². The van der Waals surface area contributed by atoms with Crippen LogP contribution in [0.2, 0.25) is 0 Å². The van der Waals surface area contributed by atoms with Gasteiger partial charge in [-0.25, -0.2) is 4.98 Å². The maximum atomic E-state index is 13.1. The van der Waals surface area contributed by atoms with Crippen LogP contribution < -0.4 is 10.6 Å². The fourth-order valence-corrected chi connectivity index (χ4v) is 5.53. The number of fused-ring (bicyclic) bond motifs is 1. The van der Waals surface area contributed by atoms with Crippen molar-refractivity contribution >= 4 is 17.6 Å². The number of benzene rings is 1. The van der Waals surface area contributed by atoms with E-state index in [1.165, 1.54) is 17.5 Å². The van der Waals surface area contributed by atoms with Gasteiger partial charge in [0, 0.05) is 70.0 Å². The number of nitrogens with one attached hydrogen (secondary N) is 2. The van der Waals surface area contributed by atoms with E-state index in [-0.39, 0.29) is 17.9 Å². The van der Waals surface area contributed by atoms with Crippen LogP contribution in [-0.4, -0.2) is 89.4 Å². The second-order valence-electron chi connectivity index (χ2n) is 10.4. The zero-order valence-corrected chi connectivity index (χ0v) is 21.3. The van der Waals surface area contributed by atoms with Gasteiger partial charge in [0.1, 0.15) is 5.82 Å². The predicted octanol–water partition coefficient (Wildman–Crippen LogP) is 2.37. The number of likely N-dealkylation sites (tertiary alicyclic amines) is 2. The maximum absolute atomic E-state index is 13.1. The normalized spacial score (nSPS) is 19.8. The average molecular weight is 491 g/mol. The van der Waals surface area contributed by atoms with Gasteiger partial charge in [-0.05, 0) is 62.0 Å². The molecule has 4 heterocycles. The lowest BCUT2D eigenvalue weighted by atomic mass is 9.99. The van der Waals surface area contributed by atoms with Crippen molar-refractivity contribution in [1.82, 2.24) is 25.0 Å². The zero-order valence-electron chi connectivity index (χ0n) is 21.3. The van der Waals surface area contributed by atoms with Gasteiger partial charge in [0.15, 0.2) is 0 Å². The highest BCUT2D eigenvalue weighted by atomic mass is 16.2. The smallest absolute Gasteiger partial charge is 0.251 e. The van der Waals surface area contributed by atoms with Crippen molar-refractivity contribution in [2.45, 2.75) is 51.2 Å². The van der Waals surface area contributed by atoms with Crippen molar-refractivity contribution in [3.63, 3.8) is 0 Å². The maximum Gasteiger partial charge on any atom is 0.251 e. The Kier molecular flexibility index (Phi) is 7.82. The standard InChI is InChI=1S/C28H38N6O2/c1-21(35)33-15-9-25(10-16-33)31-27-17-23(7-11-29-27)28(36)30-18-26(34-12-4-13-34)20-32-14-8-22-5-2-3-6-24(22)19-32/h2-3,5-7,11,17,25-26H,4,8-10,12-16,18-20H2,1H3,(H,29,31)(H,30,36). The molecule has 1 aromatic heterocycles. The Labute approximate surface area is 214 Å². The van der Waals surface area contributed by atoms with Gasteiger partial charge < -0.3 is 15.5 Å². The predicted molar refractivity (Wildman–Crippen MR) is 141 cm³/mol. The van der Waals surface area contributed by atoms with Gasteiger partial charge in [0.25, 0.3) is 5.91 Å². The average Bonchev–Trinajstić information content (AvgIpc) is 2.86. The summed E-state index contributed by atoms with van der Waals surface area (Å²) < 4.78 is 0. The van der Waals surface area contributed by atoms with Crippen molar-refractivity contribution < 1.29 is 9.59 Å². The summed E-state index contributed by atoms with van der Waals surface area (Å²) in [4.78, 5) is 35.9. The number of rotatable bonds is 8. The molecule has 1 atom stereocenters. The highest BCUT2D eigenvalue weighted by molar-refractivity contribution is 5.94. The highest BCUT2D eigenvalue weighted by Crippen LogP contribution is 2.21. The Morgan fingerprint density at radius 3 is 2.56 bits per heavy atom. The van der Waals surface area contributed by atoms with Gasteiger partial charge in [-0.2, -0.15) is 0 Å². The first-order valence-electron chi connectivity index (χ1n) is 13.3. The first-order chi connectivity index (χ1) is 17.5. The minimum atomic E-state index is -0.0543. The van der Waals surface area contributed by atoms with Crippen molar-refractivity contribution in [3.05, 3.63) is 59.3 Å². The lowest BCUT2D eigenvalue weighted by molar-refractivity contribution is -0.129. The molecule has 8 heteroatoms. The van der Waals surface area contributed by atoms with Gasteiger partial charge in [0.05, 0.1) is 0 Å². The molecule has 0 radical (unpaired) electrons. The third kappa shape index (κ3) is 6.05. The number of nitrogens with zero attached hydrogens (tertiary/aromatic N) is 4. The van der Waals surface area contributed by atoms with Gasteiger partial charge in [0.2, 0.25) is 5.91 Å². The molecule has 2 aromatic rings. The quantitative estimate of drug-likeness (QED) is 0.592. The summed E-state index contributed by atoms with van der Waals surface area (Å²) in [6.07, 6.45) is 5.79. The Hall–Kier alpha value is -2.97. The molecule has 2 N–H and O–H groups in total. The summed E-state index contributed by atoms with van der Waals surface area (Å²) in [6, 6.07) is 12.9. The summed E-state index contributed by atoms with van der Waals surface area (Å²) in [7, 11) is 0. The number of hydrogen-bond donors (Lipinski definition) is 2. The minimum Gasteiger partial charge on any atom is -0.367 e. The van der Waals surface area contributed by atoms with E-state index in [1.54, 1.807) is 19.2 Å². The van der Waals surface area contributed by atoms with Crippen LogP contribution in [0.3, 0.4) is 0 Å². The van der Waals surface area contributed by atoms with Gasteiger partial charge in [-0.15, -0.1) is 0 Å². The van der Waals surface area contributed by atoms with Crippen LogP contribution in [-0.2, 0) is 17.8 Å². The number of aromatic nitrogens is 1. The Morgan fingerprint density at radius 2 is 1.83 bits per heavy atom. The van der Waals surface area contributed by atoms with E-state index < -0.39 is 0 Å². The molecule has 2 saturated heterocycles. The molecule has 1 aromatic carbocycles. The molecule has 192 valence electrons. The van der Waals surface area contributed by atoms with Crippen molar-refractivity contribution in [1.29, 1.82) is 0 Å². The second-order valence-corrected chi connectivity index (χ2v) is 10.4. The van der Waals surface area contributed by atoms with Crippen LogP contribution in [0.25, 0.3) is 0 Å². The number of amides is 2. The molecule has 5 rings (SSSR count). The number of pyridine rings is 1. The molecule has 0 bridgehead atoms. The van der Waals surface area contributed by atoms with Gasteiger partial charge in [-0.3, -0.25) is 19.4 Å². The summed E-state index contributed by atoms with van der Waals surface area (Å²) >= 11 is 0.